The average Bonchev–Trinajstić information content (AvgIpc) is 2.60. The number of para-hydroxylation sites is 1. The van der Waals surface area contributed by atoms with E-state index in [1.807, 2.05) is 44.2 Å². The van der Waals surface area contributed by atoms with Gasteiger partial charge in [-0.2, -0.15) is 8.78 Å². The predicted molar refractivity (Wildman–Crippen MR) is 96.0 cm³/mol. The molecule has 0 aliphatic rings. The molecule has 2 atom stereocenters. The molecule has 25 heavy (non-hydrogen) atoms. The Morgan fingerprint density at radius 2 is 1.76 bits per heavy atom. The van der Waals surface area contributed by atoms with Crippen molar-refractivity contribution in [2.24, 2.45) is 0 Å². The van der Waals surface area contributed by atoms with E-state index in [9.17, 15) is 13.6 Å². The van der Waals surface area contributed by atoms with Crippen LogP contribution in [0, 0.1) is 0 Å². The normalized spacial score (nSPS) is 13.3. The summed E-state index contributed by atoms with van der Waals surface area (Å²) < 4.78 is 29.8. The lowest BCUT2D eigenvalue weighted by molar-refractivity contribution is -0.121. The molecule has 2 aromatic carbocycles. The third-order valence-electron chi connectivity index (χ3n) is 3.66. The third-order valence-corrected chi connectivity index (χ3v) is 4.77. The van der Waals surface area contributed by atoms with Gasteiger partial charge in [0.1, 0.15) is 5.75 Å². The number of rotatable bonds is 8. The first kappa shape index (κ1) is 19.2. The van der Waals surface area contributed by atoms with Crippen molar-refractivity contribution in [3.8, 4) is 5.75 Å². The molecule has 134 valence electrons. The van der Waals surface area contributed by atoms with E-state index in [1.54, 1.807) is 18.2 Å². The van der Waals surface area contributed by atoms with Crippen LogP contribution in [0.25, 0.3) is 0 Å². The predicted octanol–water partition coefficient (Wildman–Crippen LogP) is 5.04. The summed E-state index contributed by atoms with van der Waals surface area (Å²) in [5, 5.41) is 2.63. The van der Waals surface area contributed by atoms with E-state index in [2.05, 4.69) is 10.1 Å². The zero-order valence-electron chi connectivity index (χ0n) is 14.1. The Labute approximate surface area is 150 Å². The molecule has 2 rings (SSSR count). The average molecular weight is 365 g/mol. The summed E-state index contributed by atoms with van der Waals surface area (Å²) in [6.45, 7) is 0.808. The van der Waals surface area contributed by atoms with E-state index in [0.717, 1.165) is 4.90 Å². The molecular formula is C19H21F2NO2S. The Bertz CT molecular complexity index is 682. The van der Waals surface area contributed by atoms with Gasteiger partial charge in [0.25, 0.3) is 0 Å². The first-order valence-electron chi connectivity index (χ1n) is 8.07. The van der Waals surface area contributed by atoms with Crippen molar-refractivity contribution < 1.29 is 18.3 Å². The lowest BCUT2D eigenvalue weighted by Gasteiger charge is -2.22. The van der Waals surface area contributed by atoms with Gasteiger partial charge in [-0.15, -0.1) is 11.8 Å². The summed E-state index contributed by atoms with van der Waals surface area (Å²) in [7, 11) is 0. The maximum absolute atomic E-state index is 12.6. The molecule has 0 radical (unpaired) electrons. The molecule has 1 amide bonds. The molecule has 0 spiro atoms. The standard InChI is InChI=1S/C19H21F2NO2S/c1-3-16(15-11-7-8-12-17(15)24-19(20)21)22-18(23)13(2)25-14-9-5-4-6-10-14/h4-13,16,19H,3H2,1-2H3,(H,22,23). The molecule has 0 fully saturated rings. The quantitative estimate of drug-likeness (QED) is 0.666. The summed E-state index contributed by atoms with van der Waals surface area (Å²) in [5.74, 6) is -0.0550. The highest BCUT2D eigenvalue weighted by Crippen LogP contribution is 2.29. The van der Waals surface area contributed by atoms with Crippen LogP contribution in [0.15, 0.2) is 59.5 Å². The fourth-order valence-electron chi connectivity index (χ4n) is 2.42. The molecule has 0 saturated heterocycles. The van der Waals surface area contributed by atoms with E-state index >= 15 is 0 Å². The van der Waals surface area contributed by atoms with Crippen LogP contribution in [0.5, 0.6) is 5.75 Å². The van der Waals surface area contributed by atoms with Crippen molar-refractivity contribution in [2.45, 2.75) is 43.1 Å². The number of carbonyl (C=O) groups excluding carboxylic acids is 1. The second-order valence-corrected chi connectivity index (χ2v) is 6.87. The van der Waals surface area contributed by atoms with E-state index in [1.165, 1.54) is 17.8 Å². The number of hydrogen-bond donors (Lipinski definition) is 1. The topological polar surface area (TPSA) is 38.3 Å². The number of hydrogen-bond acceptors (Lipinski definition) is 3. The van der Waals surface area contributed by atoms with Crippen molar-refractivity contribution in [1.29, 1.82) is 0 Å². The van der Waals surface area contributed by atoms with Gasteiger partial charge >= 0.3 is 6.61 Å². The highest BCUT2D eigenvalue weighted by Gasteiger charge is 2.22. The largest absolute Gasteiger partial charge is 0.434 e. The fraction of sp³-hybridized carbons (Fsp3) is 0.316. The van der Waals surface area contributed by atoms with E-state index < -0.39 is 6.61 Å². The second kappa shape index (κ2) is 9.42. The minimum Gasteiger partial charge on any atom is -0.434 e. The number of thioether (sulfide) groups is 1. The van der Waals surface area contributed by atoms with E-state index in [4.69, 9.17) is 0 Å². The second-order valence-electron chi connectivity index (χ2n) is 5.46. The molecule has 1 N–H and O–H groups in total. The van der Waals surface area contributed by atoms with Crippen LogP contribution < -0.4 is 10.1 Å². The number of ether oxygens (including phenoxy) is 1. The minimum atomic E-state index is -2.90. The van der Waals surface area contributed by atoms with Gasteiger partial charge in [0.15, 0.2) is 0 Å². The summed E-state index contributed by atoms with van der Waals surface area (Å²) in [5.41, 5.74) is 0.551. The van der Waals surface area contributed by atoms with E-state index in [0.29, 0.717) is 12.0 Å². The molecule has 2 aromatic rings. The van der Waals surface area contributed by atoms with Crippen LogP contribution in [0.2, 0.25) is 0 Å². The Hall–Kier alpha value is -2.08. The summed E-state index contributed by atoms with van der Waals surface area (Å²) in [6.07, 6.45) is 0.568. The summed E-state index contributed by atoms with van der Waals surface area (Å²) >= 11 is 1.45. The Kier molecular flexibility index (Phi) is 7.25. The highest BCUT2D eigenvalue weighted by molar-refractivity contribution is 8.00. The first-order chi connectivity index (χ1) is 12.0. The third kappa shape index (κ3) is 5.74. The number of amides is 1. The van der Waals surface area contributed by atoms with Gasteiger partial charge in [-0.3, -0.25) is 4.79 Å². The SMILES string of the molecule is CCC(NC(=O)C(C)Sc1ccccc1)c1ccccc1OC(F)F. The van der Waals surface area contributed by atoms with Gasteiger partial charge in [0.2, 0.25) is 5.91 Å². The Morgan fingerprint density at radius 3 is 2.40 bits per heavy atom. The molecule has 0 aliphatic carbocycles. The van der Waals surface area contributed by atoms with E-state index in [-0.39, 0.29) is 22.9 Å². The molecule has 0 saturated carbocycles. The van der Waals surface area contributed by atoms with Crippen LogP contribution in [-0.4, -0.2) is 17.8 Å². The van der Waals surface area contributed by atoms with Crippen molar-refractivity contribution in [1.82, 2.24) is 5.32 Å². The molecule has 2 unspecified atom stereocenters. The summed E-state index contributed by atoms with van der Waals surface area (Å²) in [6, 6.07) is 15.8. The summed E-state index contributed by atoms with van der Waals surface area (Å²) in [4.78, 5) is 13.5. The van der Waals surface area contributed by atoms with Crippen LogP contribution in [0.3, 0.4) is 0 Å². The molecule has 0 heterocycles. The maximum Gasteiger partial charge on any atom is 0.387 e. The van der Waals surface area contributed by atoms with Gasteiger partial charge in [-0.1, -0.05) is 43.3 Å². The zero-order chi connectivity index (χ0) is 18.2. The number of benzene rings is 2. The monoisotopic (exact) mass is 365 g/mol. The highest BCUT2D eigenvalue weighted by atomic mass is 32.2. The van der Waals surface area contributed by atoms with Crippen molar-refractivity contribution >= 4 is 17.7 Å². The van der Waals surface area contributed by atoms with Crippen LogP contribution >= 0.6 is 11.8 Å². The number of halogens is 2. The zero-order valence-corrected chi connectivity index (χ0v) is 14.9. The smallest absolute Gasteiger partial charge is 0.387 e. The van der Waals surface area contributed by atoms with Crippen LogP contribution in [0.1, 0.15) is 31.9 Å². The lowest BCUT2D eigenvalue weighted by Crippen LogP contribution is -2.34. The van der Waals surface area contributed by atoms with Crippen LogP contribution in [0.4, 0.5) is 8.78 Å². The van der Waals surface area contributed by atoms with Gasteiger partial charge in [0, 0.05) is 10.5 Å². The number of alkyl halides is 2. The number of nitrogens with one attached hydrogen (secondary N) is 1. The molecular weight excluding hydrogens is 344 g/mol. The molecule has 0 bridgehead atoms. The molecule has 0 aliphatic heterocycles. The minimum absolute atomic E-state index is 0.0908. The van der Waals surface area contributed by atoms with Gasteiger partial charge < -0.3 is 10.1 Å². The number of carbonyl (C=O) groups is 1. The van der Waals surface area contributed by atoms with Gasteiger partial charge in [-0.05, 0) is 31.5 Å². The lowest BCUT2D eigenvalue weighted by atomic mass is 10.0. The van der Waals surface area contributed by atoms with Gasteiger partial charge in [0.05, 0.1) is 11.3 Å². The van der Waals surface area contributed by atoms with Crippen molar-refractivity contribution in [3.63, 3.8) is 0 Å². The molecule has 3 nitrogen and oxygen atoms in total. The molecule has 0 aromatic heterocycles. The maximum atomic E-state index is 12.6. The Morgan fingerprint density at radius 1 is 1.12 bits per heavy atom. The van der Waals surface area contributed by atoms with Gasteiger partial charge in [-0.25, -0.2) is 0 Å². The molecule has 6 heteroatoms. The fourth-order valence-corrected chi connectivity index (χ4v) is 3.31. The Balaban J connectivity index is 2.07. The van der Waals surface area contributed by atoms with Crippen molar-refractivity contribution in [3.05, 3.63) is 60.2 Å². The van der Waals surface area contributed by atoms with Crippen molar-refractivity contribution in [2.75, 3.05) is 0 Å². The first-order valence-corrected chi connectivity index (χ1v) is 8.95. The van der Waals surface area contributed by atoms with Crippen LogP contribution in [-0.2, 0) is 4.79 Å².